The molecule has 1 heterocycles. The molecule has 1 N–H and O–H groups in total. The predicted octanol–water partition coefficient (Wildman–Crippen LogP) is 3.62. The van der Waals surface area contributed by atoms with Gasteiger partial charge in [0, 0.05) is 15.9 Å². The molecule has 0 saturated heterocycles. The number of aryl methyl sites for hydroxylation is 1. The Hall–Kier alpha value is -1.10. The first-order valence-electron chi connectivity index (χ1n) is 6.05. The van der Waals surface area contributed by atoms with Crippen LogP contribution in [0.3, 0.4) is 0 Å². The highest BCUT2D eigenvalue weighted by Crippen LogP contribution is 2.30. The topological polar surface area (TPSA) is 34.1 Å². The third kappa shape index (κ3) is 3.26. The number of methoxy groups -OCH3 is 1. The second-order valence-corrected chi connectivity index (χ2v) is 5.63. The van der Waals surface area contributed by atoms with Crippen LogP contribution in [0.2, 0.25) is 5.02 Å². The molecule has 1 unspecified atom stereocenters. The first kappa shape index (κ1) is 14.3. The van der Waals surface area contributed by atoms with Crippen LogP contribution in [0.4, 0.5) is 0 Å². The number of likely N-dealkylation sites (N-methyl/N-ethyl adjacent to an activating group) is 1. The molecule has 1 aromatic carbocycles. The molecule has 0 aliphatic carbocycles. The number of nitrogens with one attached hydrogen (secondary N) is 1. The van der Waals surface area contributed by atoms with Gasteiger partial charge in [-0.05, 0) is 44.2 Å². The summed E-state index contributed by atoms with van der Waals surface area (Å²) in [6.07, 6.45) is 0.823. The quantitative estimate of drug-likeness (QED) is 0.915. The van der Waals surface area contributed by atoms with Gasteiger partial charge in [-0.15, -0.1) is 11.3 Å². The van der Waals surface area contributed by atoms with Crippen LogP contribution >= 0.6 is 22.9 Å². The van der Waals surface area contributed by atoms with Crippen LogP contribution in [0.15, 0.2) is 23.7 Å². The molecular weight excluding hydrogens is 280 g/mol. The van der Waals surface area contributed by atoms with Crippen LogP contribution in [-0.4, -0.2) is 19.1 Å². The molecule has 2 rings (SSSR count). The van der Waals surface area contributed by atoms with E-state index in [1.54, 1.807) is 18.4 Å². The van der Waals surface area contributed by atoms with Gasteiger partial charge >= 0.3 is 0 Å². The average molecular weight is 297 g/mol. The molecule has 5 heteroatoms. The number of halogens is 1. The van der Waals surface area contributed by atoms with Gasteiger partial charge in [-0.25, -0.2) is 4.98 Å². The van der Waals surface area contributed by atoms with Crippen LogP contribution in [0.25, 0.3) is 0 Å². The summed E-state index contributed by atoms with van der Waals surface area (Å²) >= 11 is 7.74. The molecule has 0 aliphatic heterocycles. The summed E-state index contributed by atoms with van der Waals surface area (Å²) in [5.41, 5.74) is 4.05. The third-order valence-corrected chi connectivity index (χ3v) is 4.39. The second kappa shape index (κ2) is 6.37. The summed E-state index contributed by atoms with van der Waals surface area (Å²) in [6.45, 7) is 2.03. The van der Waals surface area contributed by atoms with Gasteiger partial charge in [0.2, 0.25) is 0 Å². The highest BCUT2D eigenvalue weighted by atomic mass is 35.5. The summed E-state index contributed by atoms with van der Waals surface area (Å²) in [7, 11) is 3.64. The molecule has 0 aliphatic rings. The van der Waals surface area contributed by atoms with E-state index < -0.39 is 0 Å². The first-order chi connectivity index (χ1) is 9.15. The van der Waals surface area contributed by atoms with E-state index in [1.165, 1.54) is 4.88 Å². The zero-order valence-electron chi connectivity index (χ0n) is 11.2. The van der Waals surface area contributed by atoms with Crippen molar-refractivity contribution in [2.45, 2.75) is 19.4 Å². The minimum Gasteiger partial charge on any atom is -0.496 e. The van der Waals surface area contributed by atoms with Crippen molar-refractivity contribution in [3.05, 3.63) is 44.9 Å². The van der Waals surface area contributed by atoms with Crippen LogP contribution in [-0.2, 0) is 6.42 Å². The van der Waals surface area contributed by atoms with Crippen molar-refractivity contribution in [3.8, 4) is 5.75 Å². The van der Waals surface area contributed by atoms with E-state index >= 15 is 0 Å². The highest BCUT2D eigenvalue weighted by Gasteiger charge is 2.17. The van der Waals surface area contributed by atoms with Gasteiger partial charge in [-0.3, -0.25) is 0 Å². The third-order valence-electron chi connectivity index (χ3n) is 3.11. The van der Waals surface area contributed by atoms with E-state index in [0.29, 0.717) is 0 Å². The molecule has 0 amide bonds. The molecule has 0 radical (unpaired) electrons. The van der Waals surface area contributed by atoms with Gasteiger partial charge in [0.25, 0.3) is 0 Å². The predicted molar refractivity (Wildman–Crippen MR) is 80.4 cm³/mol. The van der Waals surface area contributed by atoms with Gasteiger partial charge < -0.3 is 10.1 Å². The average Bonchev–Trinajstić information content (AvgIpc) is 2.82. The molecule has 0 bridgehead atoms. The van der Waals surface area contributed by atoms with E-state index in [1.807, 2.05) is 37.7 Å². The second-order valence-electron chi connectivity index (χ2n) is 4.30. The van der Waals surface area contributed by atoms with E-state index in [4.69, 9.17) is 16.3 Å². The van der Waals surface area contributed by atoms with E-state index in [-0.39, 0.29) is 6.04 Å². The Labute approximate surface area is 122 Å². The molecule has 2 aromatic rings. The molecular formula is C14H17ClN2OS. The maximum Gasteiger partial charge on any atom is 0.122 e. The van der Waals surface area contributed by atoms with Crippen molar-refractivity contribution >= 4 is 22.9 Å². The number of thiazole rings is 1. The summed E-state index contributed by atoms with van der Waals surface area (Å²) in [6, 6.07) is 5.93. The van der Waals surface area contributed by atoms with Crippen molar-refractivity contribution in [2.75, 3.05) is 14.2 Å². The number of ether oxygens (including phenoxy) is 1. The number of hydrogen-bond acceptors (Lipinski definition) is 4. The Morgan fingerprint density at radius 3 is 2.84 bits per heavy atom. The number of nitrogens with zero attached hydrogens (tertiary/aromatic N) is 1. The molecule has 1 atom stereocenters. The normalized spacial score (nSPS) is 12.4. The molecule has 0 saturated carbocycles. The molecule has 0 spiro atoms. The fourth-order valence-electron chi connectivity index (χ4n) is 2.10. The molecule has 1 aromatic heterocycles. The van der Waals surface area contributed by atoms with E-state index in [0.717, 1.165) is 28.5 Å². The lowest BCUT2D eigenvalue weighted by Gasteiger charge is -2.17. The fraction of sp³-hybridized carbons (Fsp3) is 0.357. The van der Waals surface area contributed by atoms with E-state index in [2.05, 4.69) is 10.3 Å². The maximum absolute atomic E-state index is 6.07. The number of aromatic nitrogens is 1. The SMILES string of the molecule is CNC(Cc1cc(Cl)ccc1OC)c1scnc1C. The lowest BCUT2D eigenvalue weighted by molar-refractivity contribution is 0.406. The Bertz CT molecular complexity index is 556. The van der Waals surface area contributed by atoms with E-state index in [9.17, 15) is 0 Å². The van der Waals surface area contributed by atoms with Crippen molar-refractivity contribution in [2.24, 2.45) is 0 Å². The highest BCUT2D eigenvalue weighted by molar-refractivity contribution is 7.09. The summed E-state index contributed by atoms with van der Waals surface area (Å²) < 4.78 is 5.39. The van der Waals surface area contributed by atoms with Crippen LogP contribution in [0, 0.1) is 6.92 Å². The van der Waals surface area contributed by atoms with Gasteiger partial charge in [-0.2, -0.15) is 0 Å². The molecule has 0 fully saturated rings. The summed E-state index contributed by atoms with van der Waals surface area (Å²) in [4.78, 5) is 5.56. The smallest absolute Gasteiger partial charge is 0.122 e. The lowest BCUT2D eigenvalue weighted by atomic mass is 10.0. The van der Waals surface area contributed by atoms with Crippen LogP contribution < -0.4 is 10.1 Å². The first-order valence-corrected chi connectivity index (χ1v) is 7.31. The minimum atomic E-state index is 0.222. The standard InChI is InChI=1S/C14H17ClN2OS/c1-9-14(19-8-17-9)12(16-2)7-10-6-11(15)4-5-13(10)18-3/h4-6,8,12,16H,7H2,1-3H3. The molecule has 102 valence electrons. The zero-order valence-corrected chi connectivity index (χ0v) is 12.8. The van der Waals surface area contributed by atoms with Gasteiger partial charge in [0.05, 0.1) is 18.3 Å². The Balaban J connectivity index is 2.28. The van der Waals surface area contributed by atoms with Crippen LogP contribution in [0.1, 0.15) is 22.2 Å². The number of benzene rings is 1. The van der Waals surface area contributed by atoms with Crippen molar-refractivity contribution < 1.29 is 4.74 Å². The Morgan fingerprint density at radius 1 is 1.47 bits per heavy atom. The summed E-state index contributed by atoms with van der Waals surface area (Å²) in [5.74, 6) is 0.867. The molecule has 19 heavy (non-hydrogen) atoms. The molecule has 3 nitrogen and oxygen atoms in total. The number of rotatable bonds is 5. The Kier molecular flexibility index (Phi) is 4.80. The van der Waals surface area contributed by atoms with Gasteiger partial charge in [-0.1, -0.05) is 11.6 Å². The zero-order chi connectivity index (χ0) is 13.8. The van der Waals surface area contributed by atoms with Crippen molar-refractivity contribution in [1.82, 2.24) is 10.3 Å². The maximum atomic E-state index is 6.07. The van der Waals surface area contributed by atoms with Gasteiger partial charge in [0.15, 0.2) is 0 Å². The van der Waals surface area contributed by atoms with Crippen molar-refractivity contribution in [3.63, 3.8) is 0 Å². The van der Waals surface area contributed by atoms with Gasteiger partial charge in [0.1, 0.15) is 5.75 Å². The largest absolute Gasteiger partial charge is 0.496 e. The van der Waals surface area contributed by atoms with Crippen LogP contribution in [0.5, 0.6) is 5.75 Å². The monoisotopic (exact) mass is 296 g/mol. The summed E-state index contributed by atoms with van der Waals surface area (Å²) in [5, 5.41) is 4.06. The minimum absolute atomic E-state index is 0.222. The number of hydrogen-bond donors (Lipinski definition) is 1. The Morgan fingerprint density at radius 2 is 2.26 bits per heavy atom. The fourth-order valence-corrected chi connectivity index (χ4v) is 3.21. The lowest BCUT2D eigenvalue weighted by Crippen LogP contribution is -2.19. The van der Waals surface area contributed by atoms with Crippen molar-refractivity contribution in [1.29, 1.82) is 0 Å².